The lowest BCUT2D eigenvalue weighted by Crippen LogP contribution is -2.44. The Morgan fingerprint density at radius 2 is 1.89 bits per heavy atom. The molecule has 1 aromatic carbocycles. The Bertz CT molecular complexity index is 760. The number of hydrogen-bond donors (Lipinski definition) is 1. The molecule has 1 aromatic rings. The first kappa shape index (κ1) is 19.9. The van der Waals surface area contributed by atoms with Gasteiger partial charge in [-0.2, -0.15) is 0 Å². The normalized spacial score (nSPS) is 21.0. The van der Waals surface area contributed by atoms with E-state index in [4.69, 9.17) is 4.99 Å². The Balaban J connectivity index is 1.54. The molecule has 0 unspecified atom stereocenters. The van der Waals surface area contributed by atoms with Crippen molar-refractivity contribution >= 4 is 21.4 Å². The molecule has 2 heterocycles. The SMILES string of the molecule is CCNC(=NCCN1CCS(=O)(=O)CC1)N1CC=C(c2ccccc2)CC1. The minimum absolute atomic E-state index is 0.274. The van der Waals surface area contributed by atoms with Crippen LogP contribution in [0.5, 0.6) is 0 Å². The molecule has 0 saturated carbocycles. The number of rotatable bonds is 5. The molecule has 27 heavy (non-hydrogen) atoms. The van der Waals surface area contributed by atoms with E-state index in [1.165, 1.54) is 11.1 Å². The fourth-order valence-electron chi connectivity index (χ4n) is 3.47. The van der Waals surface area contributed by atoms with Crippen molar-refractivity contribution in [3.05, 3.63) is 42.0 Å². The second-order valence-electron chi connectivity index (χ2n) is 7.02. The fraction of sp³-hybridized carbons (Fsp3) is 0.550. The van der Waals surface area contributed by atoms with Gasteiger partial charge in [0.2, 0.25) is 0 Å². The Labute approximate surface area is 162 Å². The van der Waals surface area contributed by atoms with E-state index in [1.807, 2.05) is 6.07 Å². The number of sulfone groups is 1. The molecule has 0 spiro atoms. The summed E-state index contributed by atoms with van der Waals surface area (Å²) in [5.41, 5.74) is 2.70. The summed E-state index contributed by atoms with van der Waals surface area (Å²) < 4.78 is 23.0. The minimum atomic E-state index is -2.82. The largest absolute Gasteiger partial charge is 0.357 e. The molecule has 0 atom stereocenters. The van der Waals surface area contributed by atoms with Gasteiger partial charge >= 0.3 is 0 Å². The summed E-state index contributed by atoms with van der Waals surface area (Å²) >= 11 is 0. The Morgan fingerprint density at radius 1 is 1.15 bits per heavy atom. The summed E-state index contributed by atoms with van der Waals surface area (Å²) in [5, 5.41) is 3.39. The third kappa shape index (κ3) is 5.81. The van der Waals surface area contributed by atoms with Gasteiger partial charge in [-0.1, -0.05) is 36.4 Å². The van der Waals surface area contributed by atoms with E-state index in [2.05, 4.69) is 52.4 Å². The van der Waals surface area contributed by atoms with Gasteiger partial charge in [0.05, 0.1) is 18.1 Å². The van der Waals surface area contributed by atoms with Gasteiger partial charge in [0.25, 0.3) is 0 Å². The van der Waals surface area contributed by atoms with Crippen molar-refractivity contribution in [1.82, 2.24) is 15.1 Å². The summed E-state index contributed by atoms with van der Waals surface area (Å²) in [7, 11) is -2.82. The zero-order chi connectivity index (χ0) is 19.1. The van der Waals surface area contributed by atoms with E-state index in [0.717, 1.165) is 38.6 Å². The minimum Gasteiger partial charge on any atom is -0.357 e. The maximum atomic E-state index is 11.5. The predicted molar refractivity (Wildman–Crippen MR) is 112 cm³/mol. The van der Waals surface area contributed by atoms with Gasteiger partial charge in [0.15, 0.2) is 15.8 Å². The number of hydrogen-bond acceptors (Lipinski definition) is 4. The average Bonchev–Trinajstić information content (AvgIpc) is 2.69. The highest BCUT2D eigenvalue weighted by Crippen LogP contribution is 2.21. The van der Waals surface area contributed by atoms with E-state index in [-0.39, 0.29) is 11.5 Å². The summed E-state index contributed by atoms with van der Waals surface area (Å²) in [6, 6.07) is 10.5. The Kier molecular flexibility index (Phi) is 6.90. The van der Waals surface area contributed by atoms with E-state index in [9.17, 15) is 8.42 Å². The standard InChI is InChI=1S/C20H30N4O2S/c1-2-21-20(22-10-13-23-14-16-27(25,26)17-15-23)24-11-8-19(9-12-24)18-6-4-3-5-7-18/h3-8H,2,9-17H2,1H3,(H,21,22). The van der Waals surface area contributed by atoms with E-state index in [1.54, 1.807) is 0 Å². The van der Waals surface area contributed by atoms with Crippen LogP contribution in [-0.4, -0.2) is 81.5 Å². The van der Waals surface area contributed by atoms with Crippen molar-refractivity contribution in [2.75, 3.05) is 57.3 Å². The molecule has 0 aromatic heterocycles. The monoisotopic (exact) mass is 390 g/mol. The van der Waals surface area contributed by atoms with Crippen molar-refractivity contribution < 1.29 is 8.42 Å². The second-order valence-corrected chi connectivity index (χ2v) is 9.32. The molecule has 3 rings (SSSR count). The van der Waals surface area contributed by atoms with Crippen molar-refractivity contribution in [3.63, 3.8) is 0 Å². The lowest BCUT2D eigenvalue weighted by Gasteiger charge is -2.30. The van der Waals surface area contributed by atoms with Crippen LogP contribution < -0.4 is 5.32 Å². The Morgan fingerprint density at radius 3 is 2.52 bits per heavy atom. The van der Waals surface area contributed by atoms with Crippen LogP contribution in [0.3, 0.4) is 0 Å². The fourth-order valence-corrected chi connectivity index (χ4v) is 4.75. The molecule has 0 amide bonds. The van der Waals surface area contributed by atoms with Crippen LogP contribution in [0.15, 0.2) is 41.4 Å². The van der Waals surface area contributed by atoms with E-state index in [0.29, 0.717) is 19.6 Å². The number of guanidine groups is 1. The van der Waals surface area contributed by atoms with Crippen LogP contribution in [0.25, 0.3) is 5.57 Å². The lowest BCUT2D eigenvalue weighted by molar-refractivity contribution is 0.303. The van der Waals surface area contributed by atoms with Gasteiger partial charge in [-0.15, -0.1) is 0 Å². The summed E-state index contributed by atoms with van der Waals surface area (Å²) in [5.74, 6) is 1.50. The molecule has 6 nitrogen and oxygen atoms in total. The molecule has 2 aliphatic rings. The van der Waals surface area contributed by atoms with Gasteiger partial charge in [-0.3, -0.25) is 9.89 Å². The highest BCUT2D eigenvalue weighted by molar-refractivity contribution is 7.91. The van der Waals surface area contributed by atoms with Gasteiger partial charge in [-0.05, 0) is 24.5 Å². The molecule has 7 heteroatoms. The van der Waals surface area contributed by atoms with Gasteiger partial charge in [0, 0.05) is 39.3 Å². The molecule has 0 aliphatic carbocycles. The van der Waals surface area contributed by atoms with Gasteiger partial charge in [0.1, 0.15) is 0 Å². The van der Waals surface area contributed by atoms with Gasteiger partial charge in [-0.25, -0.2) is 8.42 Å². The maximum absolute atomic E-state index is 11.5. The number of nitrogens with zero attached hydrogens (tertiary/aromatic N) is 3. The molecule has 0 radical (unpaired) electrons. The molecular formula is C20H30N4O2S. The number of aliphatic imine (C=N–C) groups is 1. The zero-order valence-corrected chi connectivity index (χ0v) is 16.9. The summed E-state index contributed by atoms with van der Waals surface area (Å²) in [6.45, 7) is 7.49. The molecule has 1 N–H and O–H groups in total. The first-order valence-electron chi connectivity index (χ1n) is 9.78. The Hall–Kier alpha value is -1.86. The van der Waals surface area contributed by atoms with E-state index < -0.39 is 9.84 Å². The van der Waals surface area contributed by atoms with Crippen LogP contribution >= 0.6 is 0 Å². The highest BCUT2D eigenvalue weighted by Gasteiger charge is 2.21. The first-order valence-corrected chi connectivity index (χ1v) is 11.6. The maximum Gasteiger partial charge on any atom is 0.194 e. The third-order valence-corrected chi connectivity index (χ3v) is 6.71. The molecule has 2 aliphatic heterocycles. The molecule has 148 valence electrons. The van der Waals surface area contributed by atoms with Gasteiger partial charge < -0.3 is 10.2 Å². The van der Waals surface area contributed by atoms with Crippen molar-refractivity contribution in [2.24, 2.45) is 4.99 Å². The highest BCUT2D eigenvalue weighted by atomic mass is 32.2. The number of benzene rings is 1. The van der Waals surface area contributed by atoms with Crippen LogP contribution in [0, 0.1) is 0 Å². The molecule has 1 fully saturated rings. The quantitative estimate of drug-likeness (QED) is 0.609. The molecule has 0 bridgehead atoms. The first-order chi connectivity index (χ1) is 13.1. The number of nitrogens with one attached hydrogen (secondary N) is 1. The molecular weight excluding hydrogens is 360 g/mol. The lowest BCUT2D eigenvalue weighted by atomic mass is 10.00. The molecule has 1 saturated heterocycles. The van der Waals surface area contributed by atoms with Crippen LogP contribution in [0.2, 0.25) is 0 Å². The van der Waals surface area contributed by atoms with Crippen LogP contribution in [0.1, 0.15) is 18.9 Å². The van der Waals surface area contributed by atoms with Crippen LogP contribution in [-0.2, 0) is 9.84 Å². The zero-order valence-electron chi connectivity index (χ0n) is 16.1. The van der Waals surface area contributed by atoms with Crippen molar-refractivity contribution in [1.29, 1.82) is 0 Å². The van der Waals surface area contributed by atoms with Crippen molar-refractivity contribution in [2.45, 2.75) is 13.3 Å². The third-order valence-electron chi connectivity index (χ3n) is 5.10. The van der Waals surface area contributed by atoms with E-state index >= 15 is 0 Å². The summed E-state index contributed by atoms with van der Waals surface area (Å²) in [4.78, 5) is 9.26. The summed E-state index contributed by atoms with van der Waals surface area (Å²) in [6.07, 6.45) is 3.31. The smallest absolute Gasteiger partial charge is 0.194 e. The van der Waals surface area contributed by atoms with Crippen LogP contribution in [0.4, 0.5) is 0 Å². The predicted octanol–water partition coefficient (Wildman–Crippen LogP) is 1.47. The second kappa shape index (κ2) is 9.37. The average molecular weight is 391 g/mol. The van der Waals surface area contributed by atoms with Crippen molar-refractivity contribution in [3.8, 4) is 0 Å². The topological polar surface area (TPSA) is 65.0 Å².